The lowest BCUT2D eigenvalue weighted by molar-refractivity contribution is -0.138. The van der Waals surface area contributed by atoms with Crippen molar-refractivity contribution in [3.05, 3.63) is 23.8 Å². The number of nitrogens with two attached hydrogens (primary N) is 1. The highest BCUT2D eigenvalue weighted by Gasteiger charge is 2.25. The highest BCUT2D eigenvalue weighted by atomic mass is 19.4. The number of alkyl halides is 3. The number of hydrogen-bond donors (Lipinski definition) is 2. The van der Waals surface area contributed by atoms with Crippen molar-refractivity contribution in [3.8, 4) is 0 Å². The number of anilines is 2. The molecule has 1 amide bonds. The number of amides is 1. The molecular formula is C14H19F3N2O2. The van der Waals surface area contributed by atoms with Gasteiger partial charge in [-0.15, -0.1) is 0 Å². The maximum Gasteiger partial charge on any atom is 0.389 e. The van der Waals surface area contributed by atoms with E-state index in [1.54, 1.807) is 18.2 Å². The summed E-state index contributed by atoms with van der Waals surface area (Å²) in [4.78, 5) is 11.7. The summed E-state index contributed by atoms with van der Waals surface area (Å²) >= 11 is 0. The topological polar surface area (TPSA) is 64.3 Å². The number of rotatable bonds is 7. The summed E-state index contributed by atoms with van der Waals surface area (Å²) in [6, 6.07) is 5.17. The third-order valence-corrected chi connectivity index (χ3v) is 2.76. The Kier molecular flexibility index (Phi) is 6.48. The lowest BCUT2D eigenvalue weighted by Gasteiger charge is -2.10. The van der Waals surface area contributed by atoms with Crippen LogP contribution < -0.4 is 11.1 Å². The van der Waals surface area contributed by atoms with Gasteiger partial charge in [0.25, 0.3) is 0 Å². The molecule has 1 aromatic rings. The molecule has 0 aliphatic carbocycles. The second-order valence-electron chi connectivity index (χ2n) is 4.70. The second kappa shape index (κ2) is 7.87. The molecule has 0 aliphatic heterocycles. The minimum absolute atomic E-state index is 0.00982. The first-order valence-electron chi connectivity index (χ1n) is 6.58. The smallest absolute Gasteiger partial charge is 0.389 e. The van der Waals surface area contributed by atoms with Crippen molar-refractivity contribution in [1.82, 2.24) is 0 Å². The predicted octanol–water partition coefficient (Wildman–Crippen LogP) is 3.26. The van der Waals surface area contributed by atoms with Gasteiger partial charge in [0.2, 0.25) is 5.91 Å². The Hall–Kier alpha value is -1.76. The third-order valence-electron chi connectivity index (χ3n) is 2.76. The number of carbonyl (C=O) groups is 1. The van der Waals surface area contributed by atoms with E-state index >= 15 is 0 Å². The van der Waals surface area contributed by atoms with Gasteiger partial charge >= 0.3 is 6.18 Å². The van der Waals surface area contributed by atoms with Gasteiger partial charge < -0.3 is 15.8 Å². The molecular weight excluding hydrogens is 285 g/mol. The first kappa shape index (κ1) is 17.3. The minimum atomic E-state index is -4.16. The molecule has 0 radical (unpaired) electrons. The highest BCUT2D eigenvalue weighted by Crippen LogP contribution is 2.21. The molecule has 0 heterocycles. The summed E-state index contributed by atoms with van der Waals surface area (Å²) < 4.78 is 40.6. The summed E-state index contributed by atoms with van der Waals surface area (Å²) in [5, 5.41) is 2.69. The fourth-order valence-corrected chi connectivity index (χ4v) is 1.63. The first-order chi connectivity index (χ1) is 9.78. The number of aryl methyl sites for hydroxylation is 1. The first-order valence-corrected chi connectivity index (χ1v) is 6.58. The molecule has 0 saturated carbocycles. The van der Waals surface area contributed by atoms with Crippen LogP contribution in [0, 0.1) is 6.92 Å². The molecule has 0 aromatic heterocycles. The highest BCUT2D eigenvalue weighted by molar-refractivity contribution is 5.92. The number of nitrogen functional groups attached to an aromatic ring is 1. The lowest BCUT2D eigenvalue weighted by atomic mass is 10.2. The summed E-state index contributed by atoms with van der Waals surface area (Å²) in [5.74, 6) is -0.264. The molecule has 0 atom stereocenters. The summed E-state index contributed by atoms with van der Waals surface area (Å²) in [5.41, 5.74) is 7.67. The van der Waals surface area contributed by atoms with Crippen LogP contribution in [-0.2, 0) is 9.53 Å². The van der Waals surface area contributed by atoms with Crippen LogP contribution in [0.2, 0.25) is 0 Å². The Labute approximate surface area is 121 Å². The van der Waals surface area contributed by atoms with E-state index in [0.717, 1.165) is 5.56 Å². The van der Waals surface area contributed by atoms with Gasteiger partial charge in [0.05, 0.1) is 13.0 Å². The molecule has 0 fully saturated rings. The maximum absolute atomic E-state index is 11.9. The molecule has 0 unspecified atom stereocenters. The van der Waals surface area contributed by atoms with E-state index in [-0.39, 0.29) is 32.0 Å². The zero-order valence-electron chi connectivity index (χ0n) is 11.8. The van der Waals surface area contributed by atoms with Gasteiger partial charge in [-0.3, -0.25) is 4.79 Å². The van der Waals surface area contributed by atoms with Gasteiger partial charge in [0.15, 0.2) is 0 Å². The number of benzene rings is 1. The van der Waals surface area contributed by atoms with Gasteiger partial charge in [0.1, 0.15) is 0 Å². The van der Waals surface area contributed by atoms with Crippen LogP contribution in [0.1, 0.15) is 24.8 Å². The van der Waals surface area contributed by atoms with Crippen molar-refractivity contribution in [2.24, 2.45) is 0 Å². The number of ether oxygens (including phenoxy) is 1. The SMILES string of the molecule is Cc1ccc(N)cc1NC(=O)CCOCCCC(F)(F)F. The second-order valence-corrected chi connectivity index (χ2v) is 4.70. The zero-order valence-corrected chi connectivity index (χ0v) is 11.8. The summed E-state index contributed by atoms with van der Waals surface area (Å²) in [6.07, 6.45) is -5.05. The zero-order chi connectivity index (χ0) is 15.9. The van der Waals surface area contributed by atoms with E-state index in [9.17, 15) is 18.0 Å². The Bertz CT molecular complexity index is 476. The minimum Gasteiger partial charge on any atom is -0.399 e. The molecule has 0 aliphatic rings. The van der Waals surface area contributed by atoms with Crippen LogP contribution in [0.3, 0.4) is 0 Å². The van der Waals surface area contributed by atoms with Crippen LogP contribution in [0.4, 0.5) is 24.5 Å². The largest absolute Gasteiger partial charge is 0.399 e. The predicted molar refractivity (Wildman–Crippen MR) is 74.9 cm³/mol. The van der Waals surface area contributed by atoms with E-state index < -0.39 is 12.6 Å². The van der Waals surface area contributed by atoms with Crippen molar-refractivity contribution in [3.63, 3.8) is 0 Å². The normalized spacial score (nSPS) is 11.4. The van der Waals surface area contributed by atoms with Crippen LogP contribution >= 0.6 is 0 Å². The lowest BCUT2D eigenvalue weighted by Crippen LogP contribution is -2.15. The fourth-order valence-electron chi connectivity index (χ4n) is 1.63. The van der Waals surface area contributed by atoms with Crippen molar-refractivity contribution >= 4 is 17.3 Å². The van der Waals surface area contributed by atoms with E-state index in [1.165, 1.54) is 0 Å². The Morgan fingerprint density at radius 2 is 2.05 bits per heavy atom. The van der Waals surface area contributed by atoms with Gasteiger partial charge in [0, 0.05) is 24.4 Å². The average Bonchev–Trinajstić information content (AvgIpc) is 2.37. The van der Waals surface area contributed by atoms with E-state index in [1.807, 2.05) is 6.92 Å². The van der Waals surface area contributed by atoms with Crippen molar-refractivity contribution in [1.29, 1.82) is 0 Å². The quantitative estimate of drug-likeness (QED) is 0.600. The summed E-state index contributed by atoms with van der Waals surface area (Å²) in [6.45, 7) is 1.91. The Morgan fingerprint density at radius 3 is 2.71 bits per heavy atom. The van der Waals surface area contributed by atoms with Gasteiger partial charge in [-0.05, 0) is 31.0 Å². The standard InChI is InChI=1S/C14H19F3N2O2/c1-10-3-4-11(18)9-12(10)19-13(20)5-8-21-7-2-6-14(15,16)17/h3-4,9H,2,5-8,18H2,1H3,(H,19,20). The van der Waals surface area contributed by atoms with Crippen LogP contribution in [-0.4, -0.2) is 25.3 Å². The monoisotopic (exact) mass is 304 g/mol. The Balaban J connectivity index is 2.21. The Morgan fingerprint density at radius 1 is 1.33 bits per heavy atom. The van der Waals surface area contributed by atoms with Crippen molar-refractivity contribution < 1.29 is 22.7 Å². The van der Waals surface area contributed by atoms with Crippen molar-refractivity contribution in [2.75, 3.05) is 24.3 Å². The van der Waals surface area contributed by atoms with Crippen molar-refractivity contribution in [2.45, 2.75) is 32.4 Å². The molecule has 118 valence electrons. The molecule has 21 heavy (non-hydrogen) atoms. The molecule has 0 bridgehead atoms. The van der Waals surface area contributed by atoms with Gasteiger partial charge in [-0.2, -0.15) is 13.2 Å². The third kappa shape index (κ3) is 7.55. The van der Waals surface area contributed by atoms with Gasteiger partial charge in [-0.25, -0.2) is 0 Å². The van der Waals surface area contributed by atoms with E-state index in [4.69, 9.17) is 10.5 Å². The molecule has 1 rings (SSSR count). The van der Waals surface area contributed by atoms with Crippen LogP contribution in [0.5, 0.6) is 0 Å². The number of nitrogens with one attached hydrogen (secondary N) is 1. The fraction of sp³-hybridized carbons (Fsp3) is 0.500. The molecule has 0 spiro atoms. The maximum atomic E-state index is 11.9. The number of halogens is 3. The molecule has 3 N–H and O–H groups in total. The van der Waals surface area contributed by atoms with E-state index in [0.29, 0.717) is 11.4 Å². The number of hydrogen-bond acceptors (Lipinski definition) is 3. The average molecular weight is 304 g/mol. The van der Waals surface area contributed by atoms with Crippen LogP contribution in [0.25, 0.3) is 0 Å². The molecule has 1 aromatic carbocycles. The molecule has 4 nitrogen and oxygen atoms in total. The number of carbonyl (C=O) groups excluding carboxylic acids is 1. The molecule has 0 saturated heterocycles. The summed E-state index contributed by atoms with van der Waals surface area (Å²) in [7, 11) is 0. The van der Waals surface area contributed by atoms with Crippen LogP contribution in [0.15, 0.2) is 18.2 Å². The van der Waals surface area contributed by atoms with Gasteiger partial charge in [-0.1, -0.05) is 6.07 Å². The molecule has 7 heteroatoms. The van der Waals surface area contributed by atoms with E-state index in [2.05, 4.69) is 5.32 Å².